The van der Waals surface area contributed by atoms with E-state index in [-0.39, 0.29) is 11.8 Å². The minimum Gasteiger partial charge on any atom is -0.355 e. The summed E-state index contributed by atoms with van der Waals surface area (Å²) in [5.41, 5.74) is 1.09. The first-order chi connectivity index (χ1) is 9.10. The Morgan fingerprint density at radius 1 is 1.26 bits per heavy atom. The SMILES string of the molecule is CCC(C)C(C(=O)NCC(C)CCl)c1ccccc1. The lowest BCUT2D eigenvalue weighted by Crippen LogP contribution is -2.35. The molecule has 1 aromatic rings. The minimum absolute atomic E-state index is 0.0753. The summed E-state index contributed by atoms with van der Waals surface area (Å²) in [6.45, 7) is 6.92. The summed E-state index contributed by atoms with van der Waals surface area (Å²) in [5.74, 6) is 1.23. The van der Waals surface area contributed by atoms with E-state index in [0.29, 0.717) is 24.3 Å². The minimum atomic E-state index is -0.0753. The molecule has 1 N–H and O–H groups in total. The molecule has 0 heterocycles. The number of amides is 1. The molecule has 3 heteroatoms. The number of hydrogen-bond donors (Lipinski definition) is 1. The third kappa shape index (κ3) is 4.87. The summed E-state index contributed by atoms with van der Waals surface area (Å²) >= 11 is 5.77. The van der Waals surface area contributed by atoms with E-state index in [4.69, 9.17) is 11.6 Å². The van der Waals surface area contributed by atoms with Gasteiger partial charge < -0.3 is 5.32 Å². The van der Waals surface area contributed by atoms with Gasteiger partial charge in [0.2, 0.25) is 5.91 Å². The molecule has 0 radical (unpaired) electrons. The van der Waals surface area contributed by atoms with E-state index in [1.807, 2.05) is 37.3 Å². The second kappa shape index (κ2) is 8.21. The van der Waals surface area contributed by atoms with Crippen LogP contribution in [0.1, 0.15) is 38.7 Å². The molecule has 3 unspecified atom stereocenters. The molecule has 106 valence electrons. The number of carbonyl (C=O) groups is 1. The number of benzene rings is 1. The van der Waals surface area contributed by atoms with Crippen molar-refractivity contribution in [3.63, 3.8) is 0 Å². The van der Waals surface area contributed by atoms with Gasteiger partial charge in [-0.15, -0.1) is 11.6 Å². The Kier molecular flexibility index (Phi) is 6.93. The van der Waals surface area contributed by atoms with Gasteiger partial charge in [-0.05, 0) is 17.4 Å². The van der Waals surface area contributed by atoms with Gasteiger partial charge in [-0.2, -0.15) is 0 Å². The maximum Gasteiger partial charge on any atom is 0.227 e. The molecule has 0 fully saturated rings. The van der Waals surface area contributed by atoms with Crippen LogP contribution in [0.5, 0.6) is 0 Å². The molecule has 2 nitrogen and oxygen atoms in total. The first-order valence-corrected chi connectivity index (χ1v) is 7.52. The molecule has 0 aliphatic carbocycles. The molecule has 1 rings (SSSR count). The van der Waals surface area contributed by atoms with E-state index < -0.39 is 0 Å². The summed E-state index contributed by atoms with van der Waals surface area (Å²) in [6, 6.07) is 10.0. The molecule has 1 aromatic carbocycles. The highest BCUT2D eigenvalue weighted by Crippen LogP contribution is 2.27. The quantitative estimate of drug-likeness (QED) is 0.757. The second-order valence-corrected chi connectivity index (χ2v) is 5.59. The van der Waals surface area contributed by atoms with Crippen molar-refractivity contribution < 1.29 is 4.79 Å². The summed E-state index contributed by atoms with van der Waals surface area (Å²) in [4.78, 5) is 12.4. The van der Waals surface area contributed by atoms with Gasteiger partial charge in [0.05, 0.1) is 5.92 Å². The van der Waals surface area contributed by atoms with Crippen LogP contribution in [0, 0.1) is 11.8 Å². The molecule has 0 spiro atoms. The Bertz CT molecular complexity index is 380. The number of carbonyl (C=O) groups excluding carboxylic acids is 1. The normalized spacial score (nSPS) is 15.6. The fourth-order valence-corrected chi connectivity index (χ4v) is 2.18. The Morgan fingerprint density at radius 2 is 1.89 bits per heavy atom. The molecule has 0 aliphatic rings. The van der Waals surface area contributed by atoms with Crippen LogP contribution in [0.4, 0.5) is 0 Å². The van der Waals surface area contributed by atoms with E-state index in [1.165, 1.54) is 0 Å². The molecule has 0 aromatic heterocycles. The standard InChI is InChI=1S/C16H24ClNO/c1-4-13(3)15(14-8-6-5-7-9-14)16(19)18-11-12(2)10-17/h5-9,12-13,15H,4,10-11H2,1-3H3,(H,18,19). The van der Waals surface area contributed by atoms with Gasteiger partial charge in [0, 0.05) is 12.4 Å². The topological polar surface area (TPSA) is 29.1 Å². The zero-order chi connectivity index (χ0) is 14.3. The molecule has 0 aliphatic heterocycles. The van der Waals surface area contributed by atoms with Gasteiger partial charge in [0.1, 0.15) is 0 Å². The number of rotatable bonds is 7. The van der Waals surface area contributed by atoms with Gasteiger partial charge >= 0.3 is 0 Å². The Hall–Kier alpha value is -1.02. The first-order valence-electron chi connectivity index (χ1n) is 6.98. The van der Waals surface area contributed by atoms with E-state index >= 15 is 0 Å². The van der Waals surface area contributed by atoms with Crippen molar-refractivity contribution in [2.75, 3.05) is 12.4 Å². The predicted molar refractivity (Wildman–Crippen MR) is 81.5 cm³/mol. The molecule has 0 bridgehead atoms. The summed E-state index contributed by atoms with van der Waals surface area (Å²) < 4.78 is 0. The Balaban J connectivity index is 2.77. The van der Waals surface area contributed by atoms with Crippen molar-refractivity contribution in [1.29, 1.82) is 0 Å². The van der Waals surface area contributed by atoms with Gasteiger partial charge in [0.15, 0.2) is 0 Å². The van der Waals surface area contributed by atoms with Crippen LogP contribution in [0.2, 0.25) is 0 Å². The van der Waals surface area contributed by atoms with Crippen molar-refractivity contribution in [2.45, 2.75) is 33.1 Å². The fraction of sp³-hybridized carbons (Fsp3) is 0.562. The maximum atomic E-state index is 12.4. The zero-order valence-electron chi connectivity index (χ0n) is 12.0. The van der Waals surface area contributed by atoms with Crippen LogP contribution >= 0.6 is 11.6 Å². The van der Waals surface area contributed by atoms with Gasteiger partial charge in [0.25, 0.3) is 0 Å². The largest absolute Gasteiger partial charge is 0.355 e. The molecule has 0 saturated heterocycles. The number of halogens is 1. The highest BCUT2D eigenvalue weighted by molar-refractivity contribution is 6.18. The molecule has 1 amide bonds. The fourth-order valence-electron chi connectivity index (χ4n) is 2.07. The third-order valence-corrected chi connectivity index (χ3v) is 4.07. The maximum absolute atomic E-state index is 12.4. The van der Waals surface area contributed by atoms with Crippen LogP contribution < -0.4 is 5.32 Å². The number of nitrogens with one attached hydrogen (secondary N) is 1. The van der Waals surface area contributed by atoms with Crippen LogP contribution in [0.25, 0.3) is 0 Å². The van der Waals surface area contributed by atoms with Crippen LogP contribution in [-0.4, -0.2) is 18.3 Å². The van der Waals surface area contributed by atoms with E-state index in [2.05, 4.69) is 19.2 Å². The van der Waals surface area contributed by atoms with Crippen molar-refractivity contribution in [2.24, 2.45) is 11.8 Å². The smallest absolute Gasteiger partial charge is 0.227 e. The van der Waals surface area contributed by atoms with Gasteiger partial charge in [-0.3, -0.25) is 4.79 Å². The number of hydrogen-bond acceptors (Lipinski definition) is 1. The predicted octanol–water partition coefficient (Wildman–Crippen LogP) is 3.81. The van der Waals surface area contributed by atoms with E-state index in [9.17, 15) is 4.79 Å². The van der Waals surface area contributed by atoms with Crippen LogP contribution in [0.3, 0.4) is 0 Å². The first kappa shape index (κ1) is 16.0. The molecule has 0 saturated carbocycles. The summed E-state index contributed by atoms with van der Waals surface area (Å²) in [7, 11) is 0. The Morgan fingerprint density at radius 3 is 2.42 bits per heavy atom. The van der Waals surface area contributed by atoms with E-state index in [0.717, 1.165) is 12.0 Å². The molecule has 19 heavy (non-hydrogen) atoms. The molecule has 3 atom stereocenters. The summed E-state index contributed by atoms with van der Waals surface area (Å²) in [6.07, 6.45) is 0.984. The highest BCUT2D eigenvalue weighted by atomic mass is 35.5. The average Bonchev–Trinajstić information content (AvgIpc) is 2.45. The Labute approximate surface area is 121 Å². The van der Waals surface area contributed by atoms with Crippen molar-refractivity contribution in [3.05, 3.63) is 35.9 Å². The van der Waals surface area contributed by atoms with Crippen LogP contribution in [0.15, 0.2) is 30.3 Å². The zero-order valence-corrected chi connectivity index (χ0v) is 12.8. The number of alkyl halides is 1. The van der Waals surface area contributed by atoms with Gasteiger partial charge in [-0.25, -0.2) is 0 Å². The lowest BCUT2D eigenvalue weighted by molar-refractivity contribution is -0.123. The monoisotopic (exact) mass is 281 g/mol. The average molecular weight is 282 g/mol. The summed E-state index contributed by atoms with van der Waals surface area (Å²) in [5, 5.41) is 3.02. The van der Waals surface area contributed by atoms with E-state index in [1.54, 1.807) is 0 Å². The van der Waals surface area contributed by atoms with Crippen molar-refractivity contribution >= 4 is 17.5 Å². The second-order valence-electron chi connectivity index (χ2n) is 5.28. The molecular formula is C16H24ClNO. The highest BCUT2D eigenvalue weighted by Gasteiger charge is 2.25. The lowest BCUT2D eigenvalue weighted by atomic mass is 9.85. The van der Waals surface area contributed by atoms with Crippen LogP contribution in [-0.2, 0) is 4.79 Å². The third-order valence-electron chi connectivity index (χ3n) is 3.54. The lowest BCUT2D eigenvalue weighted by Gasteiger charge is -2.23. The molecular weight excluding hydrogens is 258 g/mol. The van der Waals surface area contributed by atoms with Gasteiger partial charge in [-0.1, -0.05) is 57.5 Å². The van der Waals surface area contributed by atoms with Crippen molar-refractivity contribution in [3.8, 4) is 0 Å². The van der Waals surface area contributed by atoms with Crippen molar-refractivity contribution in [1.82, 2.24) is 5.32 Å².